The van der Waals surface area contributed by atoms with E-state index < -0.39 is 0 Å². The number of fused-ring (bicyclic) bond motifs is 3. The van der Waals surface area contributed by atoms with Gasteiger partial charge in [0.1, 0.15) is 11.3 Å². The number of hydrogen-bond acceptors (Lipinski definition) is 3. The average molecular weight is 379 g/mol. The number of halogens is 1. The Morgan fingerprint density at radius 2 is 1.67 bits per heavy atom. The molecule has 0 spiro atoms. The van der Waals surface area contributed by atoms with Gasteiger partial charge in [-0.1, -0.05) is 55.0 Å². The number of rotatable bonds is 7. The Labute approximate surface area is 164 Å². The maximum Gasteiger partial charge on any atom is 0.152 e. The van der Waals surface area contributed by atoms with E-state index in [1.165, 1.54) is 5.56 Å². The molecule has 4 rings (SSSR count). The third-order valence-corrected chi connectivity index (χ3v) is 5.17. The molecule has 2 aromatic heterocycles. The zero-order valence-electron chi connectivity index (χ0n) is 15.2. The monoisotopic (exact) mass is 378 g/mol. The molecular weight excluding hydrogens is 356 g/mol. The molecule has 0 fully saturated rings. The van der Waals surface area contributed by atoms with Crippen LogP contribution in [-0.4, -0.2) is 20.4 Å². The zero-order chi connectivity index (χ0) is 18.6. The number of nitrogen functional groups attached to an aromatic ring is 1. The molecule has 0 aliphatic heterocycles. The topological polar surface area (TPSA) is 56.7 Å². The summed E-state index contributed by atoms with van der Waals surface area (Å²) in [5, 5.41) is 1.09. The number of para-hydroxylation sites is 1. The van der Waals surface area contributed by atoms with E-state index in [9.17, 15) is 0 Å². The highest BCUT2D eigenvalue weighted by molar-refractivity contribution is 6.17. The van der Waals surface area contributed by atoms with Gasteiger partial charge in [0.05, 0.1) is 11.0 Å². The van der Waals surface area contributed by atoms with E-state index >= 15 is 0 Å². The summed E-state index contributed by atoms with van der Waals surface area (Å²) in [4.78, 5) is 9.46. The normalized spacial score (nSPS) is 11.4. The third-order valence-electron chi connectivity index (χ3n) is 4.91. The highest BCUT2D eigenvalue weighted by Gasteiger charge is 2.17. The first-order valence-electron chi connectivity index (χ1n) is 9.41. The molecule has 138 valence electrons. The fraction of sp³-hybridized carbons (Fsp3) is 0.273. The van der Waals surface area contributed by atoms with Crippen LogP contribution >= 0.6 is 11.6 Å². The molecule has 2 heterocycles. The lowest BCUT2D eigenvalue weighted by molar-refractivity contribution is 0.661. The molecule has 0 aliphatic carbocycles. The van der Waals surface area contributed by atoms with Gasteiger partial charge in [-0.3, -0.25) is 0 Å². The number of hydrogen-bond donors (Lipinski definition) is 1. The maximum atomic E-state index is 6.27. The number of unbranched alkanes of at least 4 members (excludes halogenated alkanes) is 2. The van der Waals surface area contributed by atoms with Crippen molar-refractivity contribution in [2.75, 3.05) is 11.6 Å². The molecule has 2 aromatic carbocycles. The van der Waals surface area contributed by atoms with E-state index in [1.807, 2.05) is 24.3 Å². The smallest absolute Gasteiger partial charge is 0.152 e. The first kappa shape index (κ1) is 17.8. The Kier molecular flexibility index (Phi) is 5.26. The van der Waals surface area contributed by atoms with Crippen LogP contribution in [-0.2, 0) is 13.0 Å². The van der Waals surface area contributed by atoms with Crippen LogP contribution in [0, 0.1) is 0 Å². The fourth-order valence-electron chi connectivity index (χ4n) is 3.59. The highest BCUT2D eigenvalue weighted by Crippen LogP contribution is 2.30. The van der Waals surface area contributed by atoms with Gasteiger partial charge in [0, 0.05) is 24.2 Å². The number of alkyl halides is 1. The van der Waals surface area contributed by atoms with Gasteiger partial charge < -0.3 is 10.3 Å². The summed E-state index contributed by atoms with van der Waals surface area (Å²) < 4.78 is 2.31. The van der Waals surface area contributed by atoms with Gasteiger partial charge in [0.25, 0.3) is 0 Å². The number of aryl methyl sites for hydroxylation is 1. The second-order valence-electron chi connectivity index (χ2n) is 6.81. The van der Waals surface area contributed by atoms with Gasteiger partial charge in [0.15, 0.2) is 5.82 Å². The van der Waals surface area contributed by atoms with Crippen LogP contribution in [0.1, 0.15) is 30.7 Å². The van der Waals surface area contributed by atoms with Gasteiger partial charge >= 0.3 is 0 Å². The summed E-state index contributed by atoms with van der Waals surface area (Å²) in [5.41, 5.74) is 10.3. The van der Waals surface area contributed by atoms with Crippen LogP contribution in [0.25, 0.3) is 21.9 Å². The van der Waals surface area contributed by atoms with Crippen molar-refractivity contribution in [1.29, 1.82) is 0 Å². The van der Waals surface area contributed by atoms with Crippen molar-refractivity contribution in [3.63, 3.8) is 0 Å². The molecule has 27 heavy (non-hydrogen) atoms. The van der Waals surface area contributed by atoms with Crippen LogP contribution in [0.4, 0.5) is 5.82 Å². The summed E-state index contributed by atoms with van der Waals surface area (Å²) in [7, 11) is 0. The molecule has 5 heteroatoms. The number of anilines is 1. The van der Waals surface area contributed by atoms with E-state index in [2.05, 4.69) is 39.9 Å². The van der Waals surface area contributed by atoms with Gasteiger partial charge in [-0.25, -0.2) is 9.97 Å². The predicted molar refractivity (Wildman–Crippen MR) is 113 cm³/mol. The van der Waals surface area contributed by atoms with Gasteiger partial charge in [-0.05, 0) is 24.5 Å². The Bertz CT molecular complexity index is 1060. The largest absolute Gasteiger partial charge is 0.382 e. The van der Waals surface area contributed by atoms with Crippen molar-refractivity contribution in [3.05, 3.63) is 66.0 Å². The SMILES string of the molecule is Nc1nc2ccccc2c2c1nc(CCCCCCl)n2Cc1ccccc1. The van der Waals surface area contributed by atoms with Crippen LogP contribution in [0.3, 0.4) is 0 Å². The van der Waals surface area contributed by atoms with Crippen LogP contribution in [0.15, 0.2) is 54.6 Å². The first-order chi connectivity index (χ1) is 13.3. The van der Waals surface area contributed by atoms with Gasteiger partial charge in [-0.2, -0.15) is 0 Å². The van der Waals surface area contributed by atoms with Crippen LogP contribution in [0.2, 0.25) is 0 Å². The molecule has 0 atom stereocenters. The lowest BCUT2D eigenvalue weighted by Gasteiger charge is -2.11. The van der Waals surface area contributed by atoms with Crippen molar-refractivity contribution < 1.29 is 0 Å². The molecule has 2 N–H and O–H groups in total. The molecule has 0 bridgehead atoms. The van der Waals surface area contributed by atoms with Crippen LogP contribution in [0.5, 0.6) is 0 Å². The number of pyridine rings is 1. The summed E-state index contributed by atoms with van der Waals surface area (Å²) in [6.07, 6.45) is 4.11. The molecule has 0 saturated heterocycles. The molecular formula is C22H23ClN4. The lowest BCUT2D eigenvalue weighted by Crippen LogP contribution is -2.06. The van der Waals surface area contributed by atoms with Crippen molar-refractivity contribution in [3.8, 4) is 0 Å². The summed E-state index contributed by atoms with van der Waals surface area (Å²) in [6.45, 7) is 0.773. The quantitative estimate of drug-likeness (QED) is 0.356. The molecule has 0 aliphatic rings. The standard InChI is InChI=1S/C22H23ClN4/c23-14-8-2-5-13-19-26-20-21(27(19)15-16-9-3-1-4-10-16)17-11-6-7-12-18(17)25-22(20)24/h1,3-4,6-7,9-12H,2,5,8,13-15H2,(H2,24,25). The van der Waals surface area contributed by atoms with E-state index in [0.29, 0.717) is 11.7 Å². The summed E-state index contributed by atoms with van der Waals surface area (Å²) in [5.74, 6) is 2.27. The van der Waals surface area contributed by atoms with Crippen molar-refractivity contribution in [2.45, 2.75) is 32.2 Å². The summed E-state index contributed by atoms with van der Waals surface area (Å²) in [6, 6.07) is 18.6. The summed E-state index contributed by atoms with van der Waals surface area (Å²) >= 11 is 5.83. The average Bonchev–Trinajstić information content (AvgIpc) is 3.05. The Balaban J connectivity index is 1.86. The third kappa shape index (κ3) is 3.62. The predicted octanol–water partition coefficient (Wildman–Crippen LogP) is 5.17. The van der Waals surface area contributed by atoms with E-state index in [0.717, 1.165) is 60.0 Å². The molecule has 0 amide bonds. The molecule has 4 aromatic rings. The van der Waals surface area contributed by atoms with Crippen molar-refractivity contribution >= 4 is 39.4 Å². The molecule has 0 radical (unpaired) electrons. The fourth-order valence-corrected chi connectivity index (χ4v) is 3.78. The van der Waals surface area contributed by atoms with Crippen LogP contribution < -0.4 is 5.73 Å². The maximum absolute atomic E-state index is 6.27. The molecule has 0 saturated carbocycles. The Morgan fingerprint density at radius 1 is 0.889 bits per heavy atom. The van der Waals surface area contributed by atoms with E-state index in [-0.39, 0.29) is 0 Å². The van der Waals surface area contributed by atoms with Gasteiger partial charge in [0.2, 0.25) is 0 Å². The second kappa shape index (κ2) is 7.97. The number of benzene rings is 2. The first-order valence-corrected chi connectivity index (χ1v) is 9.94. The number of imidazole rings is 1. The Morgan fingerprint density at radius 3 is 2.48 bits per heavy atom. The zero-order valence-corrected chi connectivity index (χ0v) is 16.0. The number of nitrogens with two attached hydrogens (primary N) is 1. The number of nitrogens with zero attached hydrogens (tertiary/aromatic N) is 3. The van der Waals surface area contributed by atoms with E-state index in [1.54, 1.807) is 0 Å². The molecule has 4 nitrogen and oxygen atoms in total. The minimum atomic E-state index is 0.498. The van der Waals surface area contributed by atoms with E-state index in [4.69, 9.17) is 22.3 Å². The minimum absolute atomic E-state index is 0.498. The van der Waals surface area contributed by atoms with Crippen molar-refractivity contribution in [2.24, 2.45) is 0 Å². The number of aromatic nitrogens is 3. The Hall–Kier alpha value is -2.59. The second-order valence-corrected chi connectivity index (χ2v) is 7.19. The lowest BCUT2D eigenvalue weighted by atomic mass is 10.1. The molecule has 0 unspecified atom stereocenters. The highest BCUT2D eigenvalue weighted by atomic mass is 35.5. The minimum Gasteiger partial charge on any atom is -0.382 e. The van der Waals surface area contributed by atoms with Gasteiger partial charge in [-0.15, -0.1) is 11.6 Å². The van der Waals surface area contributed by atoms with Crippen molar-refractivity contribution in [1.82, 2.24) is 14.5 Å².